The largest absolute Gasteiger partial charge is 0.365 e. The third-order valence-corrected chi connectivity index (χ3v) is 8.72. The smallest absolute Gasteiger partial charge is 0.276 e. The van der Waals surface area contributed by atoms with Crippen molar-refractivity contribution in [3.05, 3.63) is 63.5 Å². The average molecular weight is 551 g/mol. The van der Waals surface area contributed by atoms with Gasteiger partial charge in [-0.3, -0.25) is 9.36 Å². The van der Waals surface area contributed by atoms with E-state index in [1.165, 1.54) is 24.5 Å². The van der Waals surface area contributed by atoms with Crippen LogP contribution in [0.2, 0.25) is 0 Å². The van der Waals surface area contributed by atoms with Crippen molar-refractivity contribution in [3.8, 4) is 6.07 Å². The highest BCUT2D eigenvalue weighted by Crippen LogP contribution is 2.47. The lowest BCUT2D eigenvalue weighted by Gasteiger charge is -2.41. The molecule has 4 aliphatic rings. The van der Waals surface area contributed by atoms with E-state index in [9.17, 15) is 10.1 Å². The number of aryl methyl sites for hydroxylation is 1. The van der Waals surface area contributed by atoms with Gasteiger partial charge in [-0.25, -0.2) is 23.1 Å². The van der Waals surface area contributed by atoms with Crippen LogP contribution in [0, 0.1) is 23.1 Å². The van der Waals surface area contributed by atoms with Gasteiger partial charge in [0.15, 0.2) is 0 Å². The zero-order valence-electron chi connectivity index (χ0n) is 22.4. The average Bonchev–Trinajstić information content (AvgIpc) is 3.71. The molecule has 1 N–H and O–H groups in total. The predicted molar refractivity (Wildman–Crippen MR) is 146 cm³/mol. The van der Waals surface area contributed by atoms with Gasteiger partial charge in [0, 0.05) is 43.7 Å². The van der Waals surface area contributed by atoms with Gasteiger partial charge in [-0.1, -0.05) is 37.5 Å². The summed E-state index contributed by atoms with van der Waals surface area (Å²) in [5, 5.41) is 13.5. The molecule has 210 valence electrons. The second kappa shape index (κ2) is 10.5. The van der Waals surface area contributed by atoms with Crippen LogP contribution in [0.25, 0.3) is 11.0 Å². The summed E-state index contributed by atoms with van der Waals surface area (Å²) >= 11 is 0. The predicted octanol–water partition coefficient (Wildman–Crippen LogP) is 5.48. The molecule has 3 aromatic rings. The first-order valence-corrected chi connectivity index (χ1v) is 14.2. The highest BCUT2D eigenvalue weighted by molar-refractivity contribution is 5.87. The van der Waals surface area contributed by atoms with Crippen LogP contribution in [0.3, 0.4) is 0 Å². The maximum atomic E-state index is 15.5. The number of nitrogens with zero attached hydrogens (tertiary/aromatic N) is 5. The molecule has 0 atom stereocenters. The van der Waals surface area contributed by atoms with Gasteiger partial charge in [-0.15, -0.1) is 0 Å². The Morgan fingerprint density at radius 3 is 2.52 bits per heavy atom. The van der Waals surface area contributed by atoms with Gasteiger partial charge in [0.1, 0.15) is 23.6 Å². The van der Waals surface area contributed by atoms with E-state index in [0.29, 0.717) is 54.9 Å². The number of pyridine rings is 1. The Morgan fingerprint density at radius 2 is 1.77 bits per heavy atom. The maximum Gasteiger partial charge on any atom is 0.276 e. The molecule has 0 amide bonds. The fourth-order valence-corrected chi connectivity index (χ4v) is 6.21. The Morgan fingerprint density at radius 1 is 1.02 bits per heavy atom. The lowest BCUT2D eigenvalue weighted by atomic mass is 9.89. The van der Waals surface area contributed by atoms with Crippen LogP contribution >= 0.6 is 0 Å². The first-order chi connectivity index (χ1) is 19.3. The summed E-state index contributed by atoms with van der Waals surface area (Å²) < 4.78 is 47.6. The molecule has 0 radical (unpaired) electrons. The van der Waals surface area contributed by atoms with Crippen molar-refractivity contribution >= 4 is 16.9 Å². The molecular formula is C30H33F3N6O. The third kappa shape index (κ3) is 4.96. The van der Waals surface area contributed by atoms with E-state index >= 15 is 13.2 Å². The summed E-state index contributed by atoms with van der Waals surface area (Å²) in [7, 11) is 0. The standard InChI is InChI=1S/C30H33F3N6O/c31-25-21-7-6-8-23(25)30(32,33)14-20-16-38(17-20)11-4-2-1-3-5-12-39-27-22(26(35-15-21)36-19-37-27)13-24(28(39)40)29(18-34)9-10-29/h6-8,13,19-20H,1-5,9-12,14-17H2,(H,35,36,37). The van der Waals surface area contributed by atoms with E-state index in [2.05, 4.69) is 26.3 Å². The number of benzene rings is 1. The van der Waals surface area contributed by atoms with Gasteiger partial charge < -0.3 is 10.2 Å². The van der Waals surface area contributed by atoms with E-state index in [1.807, 2.05) is 0 Å². The van der Waals surface area contributed by atoms with Crippen molar-refractivity contribution in [2.24, 2.45) is 5.92 Å². The van der Waals surface area contributed by atoms with E-state index in [1.54, 1.807) is 10.6 Å². The SMILES string of the molecule is N#CC1(c2cc3c4ncnc3n(c2=O)CCCCCCCN2CC(C2)CC(F)(F)c2cccc(c2F)CN4)CC1. The van der Waals surface area contributed by atoms with E-state index in [-0.39, 0.29) is 30.0 Å². The lowest BCUT2D eigenvalue weighted by Crippen LogP contribution is -2.48. The maximum absolute atomic E-state index is 15.5. The Bertz CT molecular complexity index is 1520. The van der Waals surface area contributed by atoms with Crippen LogP contribution in [0.15, 0.2) is 35.4 Å². The topological polar surface area (TPSA) is 86.8 Å². The van der Waals surface area contributed by atoms with Gasteiger partial charge in [0.05, 0.1) is 22.4 Å². The first kappa shape index (κ1) is 26.8. The van der Waals surface area contributed by atoms with Gasteiger partial charge in [0.2, 0.25) is 0 Å². The molecule has 1 aromatic carbocycles. The number of alkyl halides is 2. The molecule has 1 saturated carbocycles. The monoisotopic (exact) mass is 550 g/mol. The lowest BCUT2D eigenvalue weighted by molar-refractivity contribution is -0.0592. The number of fused-ring (bicyclic) bond motifs is 8. The zero-order chi connectivity index (χ0) is 27.9. The van der Waals surface area contributed by atoms with Gasteiger partial charge in [-0.2, -0.15) is 5.26 Å². The summed E-state index contributed by atoms with van der Waals surface area (Å²) in [6.07, 6.45) is 6.98. The van der Waals surface area contributed by atoms with Crippen LogP contribution in [0.5, 0.6) is 0 Å². The van der Waals surface area contributed by atoms with Gasteiger partial charge >= 0.3 is 0 Å². The number of hydrogen-bond acceptors (Lipinski definition) is 6. The minimum Gasteiger partial charge on any atom is -0.365 e. The Labute approximate surface area is 231 Å². The molecule has 1 saturated heterocycles. The van der Waals surface area contributed by atoms with E-state index in [4.69, 9.17) is 0 Å². The second-order valence-corrected chi connectivity index (χ2v) is 11.6. The molecule has 0 unspecified atom stereocenters. The minimum absolute atomic E-state index is 0.0725. The number of nitriles is 1. The number of hydrogen-bond donors (Lipinski definition) is 1. The van der Waals surface area contributed by atoms with Crippen molar-refractivity contribution in [2.75, 3.05) is 25.0 Å². The van der Waals surface area contributed by atoms with Crippen LogP contribution in [0.1, 0.15) is 68.1 Å². The summed E-state index contributed by atoms with van der Waals surface area (Å²) in [4.78, 5) is 24.5. The van der Waals surface area contributed by atoms with Crippen LogP contribution in [-0.2, 0) is 24.4 Å². The van der Waals surface area contributed by atoms with Crippen molar-refractivity contribution in [1.82, 2.24) is 19.4 Å². The normalized spacial score (nSPS) is 24.2. The molecule has 10 heteroatoms. The van der Waals surface area contributed by atoms with Crippen molar-refractivity contribution < 1.29 is 13.2 Å². The molecular weight excluding hydrogens is 517 g/mol. The number of aromatic nitrogens is 3. The number of nitrogens with one attached hydrogen (secondary N) is 1. The molecule has 2 aromatic heterocycles. The van der Waals surface area contributed by atoms with Crippen molar-refractivity contribution in [2.45, 2.75) is 75.8 Å². The van der Waals surface area contributed by atoms with Crippen molar-refractivity contribution in [1.29, 1.82) is 5.26 Å². The summed E-state index contributed by atoms with van der Waals surface area (Å²) in [5.41, 5.74) is -0.616. The number of halogens is 3. The van der Waals surface area contributed by atoms with Crippen LogP contribution in [0.4, 0.5) is 19.0 Å². The number of anilines is 1. The molecule has 7 rings (SSSR count). The van der Waals surface area contributed by atoms with Crippen molar-refractivity contribution in [3.63, 3.8) is 0 Å². The molecule has 0 spiro atoms. The number of rotatable bonds is 1. The van der Waals surface area contributed by atoms with Gasteiger partial charge in [0.25, 0.3) is 11.5 Å². The van der Waals surface area contributed by atoms with Gasteiger partial charge in [-0.05, 0) is 44.2 Å². The Hall–Kier alpha value is -3.45. The van der Waals surface area contributed by atoms with Crippen LogP contribution in [-0.4, -0.2) is 39.1 Å². The fraction of sp³-hybridized carbons (Fsp3) is 0.533. The molecule has 5 heterocycles. The molecule has 40 heavy (non-hydrogen) atoms. The summed E-state index contributed by atoms with van der Waals surface area (Å²) in [5.74, 6) is -3.97. The van der Waals surface area contributed by atoms with Crippen LogP contribution < -0.4 is 10.9 Å². The van der Waals surface area contributed by atoms with E-state index in [0.717, 1.165) is 38.6 Å². The Balaban J connectivity index is 1.38. The molecule has 2 fully saturated rings. The second-order valence-electron chi connectivity index (χ2n) is 11.6. The summed E-state index contributed by atoms with van der Waals surface area (Å²) in [6, 6.07) is 8.13. The highest BCUT2D eigenvalue weighted by Gasteiger charge is 2.47. The molecule has 3 aliphatic heterocycles. The minimum atomic E-state index is -3.27. The zero-order valence-corrected chi connectivity index (χ0v) is 22.4. The van der Waals surface area contributed by atoms with E-state index < -0.39 is 22.7 Å². The Kier molecular flexibility index (Phi) is 7.03. The molecule has 8 bridgehead atoms. The fourth-order valence-electron chi connectivity index (χ4n) is 6.21. The third-order valence-electron chi connectivity index (χ3n) is 8.72. The quantitative estimate of drug-likeness (QED) is 0.432. The molecule has 1 aliphatic carbocycles. The molecule has 7 nitrogen and oxygen atoms in total. The summed E-state index contributed by atoms with van der Waals surface area (Å²) in [6.45, 7) is 2.51. The highest BCUT2D eigenvalue weighted by atomic mass is 19.3. The first-order valence-electron chi connectivity index (χ1n) is 14.2.